The molecule has 0 bridgehead atoms. The molecule has 1 aromatic carbocycles. The fourth-order valence-corrected chi connectivity index (χ4v) is 3.36. The number of hydrogen-bond acceptors (Lipinski definition) is 6. The lowest BCUT2D eigenvalue weighted by atomic mass is 9.96. The highest BCUT2D eigenvalue weighted by atomic mass is 19.1. The van der Waals surface area contributed by atoms with Crippen molar-refractivity contribution >= 4 is 22.6 Å². The number of fused-ring (bicyclic) bond motifs is 1. The summed E-state index contributed by atoms with van der Waals surface area (Å²) in [6.07, 6.45) is 4.16. The normalized spacial score (nSPS) is 12.0. The Morgan fingerprint density at radius 2 is 2.07 bits per heavy atom. The van der Waals surface area contributed by atoms with Crippen molar-refractivity contribution in [2.45, 2.75) is 12.8 Å². The van der Waals surface area contributed by atoms with E-state index in [1.54, 1.807) is 24.5 Å². The summed E-state index contributed by atoms with van der Waals surface area (Å²) in [7, 11) is 1.48. The molecule has 0 saturated heterocycles. The average molecular weight is 405 g/mol. The van der Waals surface area contributed by atoms with Crippen molar-refractivity contribution in [3.05, 3.63) is 72.1 Å². The number of carbonyl (C=O) groups is 1. The number of hydrogen-bond donors (Lipinski definition) is 2. The summed E-state index contributed by atoms with van der Waals surface area (Å²) in [4.78, 5) is 24.9. The summed E-state index contributed by atoms with van der Waals surface area (Å²) in [6.45, 7) is 2.59. The van der Waals surface area contributed by atoms with Crippen LogP contribution < -0.4 is 10.6 Å². The second-order valence-electron chi connectivity index (χ2n) is 6.85. The Bertz CT molecular complexity index is 1190. The molecule has 1 amide bonds. The van der Waals surface area contributed by atoms with Crippen LogP contribution >= 0.6 is 0 Å². The van der Waals surface area contributed by atoms with Gasteiger partial charge in [-0.15, -0.1) is 0 Å². The number of benzene rings is 1. The minimum absolute atomic E-state index is 0.00315. The maximum atomic E-state index is 14.3. The first-order chi connectivity index (χ1) is 14.6. The molecule has 1 atom stereocenters. The van der Waals surface area contributed by atoms with E-state index in [1.807, 2.05) is 25.1 Å². The Kier molecular flexibility index (Phi) is 5.38. The van der Waals surface area contributed by atoms with Crippen molar-refractivity contribution in [3.8, 4) is 11.5 Å². The molecule has 3 heterocycles. The van der Waals surface area contributed by atoms with Crippen molar-refractivity contribution in [3.63, 3.8) is 0 Å². The molecule has 0 saturated carbocycles. The van der Waals surface area contributed by atoms with E-state index >= 15 is 0 Å². The number of aromatic nitrogens is 3. The number of carbonyl (C=O) groups excluding carboxylic acids is 1. The number of nitrogens with zero attached hydrogens (tertiary/aromatic N) is 3. The lowest BCUT2D eigenvalue weighted by Gasteiger charge is -2.16. The topological polar surface area (TPSA) is 92.9 Å². The average Bonchev–Trinajstić information content (AvgIpc) is 3.31. The Balaban J connectivity index is 1.59. The third kappa shape index (κ3) is 3.71. The van der Waals surface area contributed by atoms with Gasteiger partial charge in [-0.1, -0.05) is 25.1 Å². The molecule has 2 N–H and O–H groups in total. The molecular weight excluding hydrogens is 385 g/mol. The molecular formula is C22H20FN5O2. The van der Waals surface area contributed by atoms with Gasteiger partial charge >= 0.3 is 0 Å². The van der Waals surface area contributed by atoms with Crippen molar-refractivity contribution in [1.82, 2.24) is 20.3 Å². The number of anilines is 1. The van der Waals surface area contributed by atoms with Gasteiger partial charge in [-0.25, -0.2) is 14.4 Å². The Labute approximate surface area is 172 Å². The quantitative estimate of drug-likeness (QED) is 0.504. The van der Waals surface area contributed by atoms with E-state index in [0.717, 1.165) is 11.8 Å². The summed E-state index contributed by atoms with van der Waals surface area (Å²) < 4.78 is 19.6. The zero-order valence-electron chi connectivity index (χ0n) is 16.5. The summed E-state index contributed by atoms with van der Waals surface area (Å²) >= 11 is 0. The highest BCUT2D eigenvalue weighted by Crippen LogP contribution is 2.28. The minimum Gasteiger partial charge on any atom is -0.463 e. The zero-order valence-corrected chi connectivity index (χ0v) is 16.5. The number of amides is 1. The zero-order chi connectivity index (χ0) is 21.1. The fraction of sp³-hybridized carbons (Fsp3) is 0.182. The van der Waals surface area contributed by atoms with Gasteiger partial charge in [-0.05, 0) is 17.7 Å². The molecule has 7 nitrogen and oxygen atoms in total. The van der Waals surface area contributed by atoms with Gasteiger partial charge in [0.15, 0.2) is 11.6 Å². The lowest BCUT2D eigenvalue weighted by Crippen LogP contribution is -2.20. The van der Waals surface area contributed by atoms with Crippen LogP contribution in [0.4, 0.5) is 10.2 Å². The largest absolute Gasteiger partial charge is 0.463 e. The molecule has 0 spiro atoms. The standard InChI is InChI=1S/C22H20FN5O2/c1-13(10-25-19-9-17(27-12-28-19)18-7-4-8-30-18)14-5-3-6-15-20(22(29)24-2)16(23)11-26-21(14)15/h3-9,11-13H,10H2,1-2H3,(H,24,29)(H,25,27,28). The third-order valence-electron chi connectivity index (χ3n) is 4.90. The van der Waals surface area contributed by atoms with Crippen LogP contribution in [0, 0.1) is 5.82 Å². The molecule has 152 valence electrons. The van der Waals surface area contributed by atoms with Crippen LogP contribution in [0.2, 0.25) is 0 Å². The van der Waals surface area contributed by atoms with Gasteiger partial charge in [-0.3, -0.25) is 9.78 Å². The highest BCUT2D eigenvalue weighted by molar-refractivity contribution is 6.06. The smallest absolute Gasteiger partial charge is 0.254 e. The van der Waals surface area contributed by atoms with Gasteiger partial charge in [0, 0.05) is 31.0 Å². The molecule has 1 unspecified atom stereocenters. The van der Waals surface area contributed by atoms with Gasteiger partial charge in [0.2, 0.25) is 0 Å². The number of furan rings is 1. The Morgan fingerprint density at radius 1 is 1.20 bits per heavy atom. The van der Waals surface area contributed by atoms with Crippen molar-refractivity contribution < 1.29 is 13.6 Å². The summed E-state index contributed by atoms with van der Waals surface area (Å²) in [5.41, 5.74) is 2.20. The molecule has 30 heavy (non-hydrogen) atoms. The predicted octanol–water partition coefficient (Wildman–Crippen LogP) is 4.00. The fourth-order valence-electron chi connectivity index (χ4n) is 3.36. The van der Waals surface area contributed by atoms with Gasteiger partial charge in [0.1, 0.15) is 17.8 Å². The van der Waals surface area contributed by atoms with Crippen molar-refractivity contribution in [2.24, 2.45) is 0 Å². The van der Waals surface area contributed by atoms with Crippen LogP contribution in [-0.2, 0) is 0 Å². The van der Waals surface area contributed by atoms with Crippen LogP contribution in [0.3, 0.4) is 0 Å². The van der Waals surface area contributed by atoms with Gasteiger partial charge < -0.3 is 15.1 Å². The number of rotatable bonds is 6. The molecule has 0 aliphatic rings. The van der Waals surface area contributed by atoms with Crippen molar-refractivity contribution in [2.75, 3.05) is 18.9 Å². The van der Waals surface area contributed by atoms with E-state index in [0.29, 0.717) is 34.7 Å². The van der Waals surface area contributed by atoms with Crippen molar-refractivity contribution in [1.29, 1.82) is 0 Å². The molecule has 4 aromatic rings. The maximum absolute atomic E-state index is 14.3. The maximum Gasteiger partial charge on any atom is 0.254 e. The predicted molar refractivity (Wildman–Crippen MR) is 112 cm³/mol. The van der Waals surface area contributed by atoms with E-state index in [9.17, 15) is 9.18 Å². The highest BCUT2D eigenvalue weighted by Gasteiger charge is 2.19. The molecule has 0 fully saturated rings. The Hall–Kier alpha value is -3.81. The molecule has 0 aliphatic carbocycles. The van der Waals surface area contributed by atoms with Crippen LogP contribution in [0.1, 0.15) is 28.8 Å². The number of para-hydroxylation sites is 1. The molecule has 4 rings (SSSR count). The number of nitrogens with one attached hydrogen (secondary N) is 2. The second-order valence-corrected chi connectivity index (χ2v) is 6.85. The summed E-state index contributed by atoms with van der Waals surface area (Å²) in [5, 5.41) is 6.27. The summed E-state index contributed by atoms with van der Waals surface area (Å²) in [6, 6.07) is 10.9. The monoisotopic (exact) mass is 405 g/mol. The number of pyridine rings is 1. The SMILES string of the molecule is CNC(=O)c1c(F)cnc2c(C(C)CNc3cc(-c4ccco4)ncn3)cccc12. The minimum atomic E-state index is -0.642. The second kappa shape index (κ2) is 8.28. The third-order valence-corrected chi connectivity index (χ3v) is 4.90. The van der Waals surface area contributed by atoms with E-state index in [1.165, 1.54) is 13.4 Å². The first kappa shape index (κ1) is 19.5. The van der Waals surface area contributed by atoms with E-state index in [4.69, 9.17) is 4.42 Å². The summed E-state index contributed by atoms with van der Waals surface area (Å²) in [5.74, 6) is 0.223. The lowest BCUT2D eigenvalue weighted by molar-refractivity contribution is 0.0961. The molecule has 8 heteroatoms. The molecule has 0 radical (unpaired) electrons. The number of halogens is 1. The van der Waals surface area contributed by atoms with Crippen LogP contribution in [0.25, 0.3) is 22.4 Å². The Morgan fingerprint density at radius 3 is 2.83 bits per heavy atom. The molecule has 0 aliphatic heterocycles. The van der Waals surface area contributed by atoms with Gasteiger partial charge in [-0.2, -0.15) is 0 Å². The molecule has 3 aromatic heterocycles. The van der Waals surface area contributed by atoms with Crippen LogP contribution in [0.15, 0.2) is 59.6 Å². The van der Waals surface area contributed by atoms with Gasteiger partial charge in [0.25, 0.3) is 5.91 Å². The van der Waals surface area contributed by atoms with Gasteiger partial charge in [0.05, 0.1) is 23.5 Å². The van der Waals surface area contributed by atoms with Crippen LogP contribution in [0.5, 0.6) is 0 Å². The van der Waals surface area contributed by atoms with Crippen LogP contribution in [-0.4, -0.2) is 34.5 Å². The first-order valence-corrected chi connectivity index (χ1v) is 9.47. The van der Waals surface area contributed by atoms with E-state index < -0.39 is 11.7 Å². The van der Waals surface area contributed by atoms with E-state index in [-0.39, 0.29) is 11.5 Å². The van der Waals surface area contributed by atoms with E-state index in [2.05, 4.69) is 25.6 Å². The first-order valence-electron chi connectivity index (χ1n) is 9.47.